The Morgan fingerprint density at radius 3 is 2.38 bits per heavy atom. The molecular formula is C16H14F3N3O4. The number of carbonyl (C=O) groups is 4. The van der Waals surface area contributed by atoms with Gasteiger partial charge in [-0.3, -0.25) is 19.2 Å². The lowest BCUT2D eigenvalue weighted by Gasteiger charge is -2.68. The minimum atomic E-state index is -4.35. The van der Waals surface area contributed by atoms with E-state index in [1.807, 2.05) is 0 Å². The highest BCUT2D eigenvalue weighted by Crippen LogP contribution is 2.78. The third-order valence-electron chi connectivity index (χ3n) is 5.13. The number of pyridine rings is 1. The van der Waals surface area contributed by atoms with E-state index in [0.717, 1.165) is 0 Å². The first kappa shape index (κ1) is 18.0. The number of alkyl halides is 3. The SMILES string of the molecule is NC(=O)c1c(CC(=O)C=O)ccnc1NC(=O)C12CC(C(F)(F)F)(C1)C2. The fraction of sp³-hybridized carbons (Fsp3) is 0.438. The van der Waals surface area contributed by atoms with Crippen LogP contribution >= 0.6 is 0 Å². The zero-order valence-electron chi connectivity index (χ0n) is 13.4. The van der Waals surface area contributed by atoms with Gasteiger partial charge in [0, 0.05) is 12.6 Å². The molecular weight excluding hydrogens is 355 g/mol. The molecule has 0 aromatic carbocycles. The Labute approximate surface area is 145 Å². The number of nitrogens with zero attached hydrogens (tertiary/aromatic N) is 1. The molecule has 3 saturated carbocycles. The van der Waals surface area contributed by atoms with E-state index < -0.39 is 41.0 Å². The van der Waals surface area contributed by atoms with Gasteiger partial charge in [-0.1, -0.05) is 0 Å². The first-order chi connectivity index (χ1) is 12.0. The van der Waals surface area contributed by atoms with Crippen LogP contribution in [0.25, 0.3) is 0 Å². The van der Waals surface area contributed by atoms with E-state index in [-0.39, 0.29) is 42.5 Å². The van der Waals surface area contributed by atoms with Gasteiger partial charge in [0.15, 0.2) is 12.1 Å². The molecule has 0 radical (unpaired) electrons. The molecule has 1 heterocycles. The summed E-state index contributed by atoms with van der Waals surface area (Å²) in [5, 5.41) is 2.35. The summed E-state index contributed by atoms with van der Waals surface area (Å²) in [6.45, 7) is 0. The van der Waals surface area contributed by atoms with Crippen LogP contribution in [0.15, 0.2) is 12.3 Å². The fourth-order valence-electron chi connectivity index (χ4n) is 3.82. The second-order valence-electron chi connectivity index (χ2n) is 6.86. The summed E-state index contributed by atoms with van der Waals surface area (Å²) in [5.41, 5.74) is 2.22. The van der Waals surface area contributed by atoms with Gasteiger partial charge in [0.1, 0.15) is 5.82 Å². The first-order valence-electron chi connectivity index (χ1n) is 7.67. The quantitative estimate of drug-likeness (QED) is 0.576. The Hall–Kier alpha value is -2.78. The second kappa shape index (κ2) is 5.61. The van der Waals surface area contributed by atoms with Gasteiger partial charge in [0.2, 0.25) is 5.91 Å². The van der Waals surface area contributed by atoms with Crippen LogP contribution in [0.4, 0.5) is 19.0 Å². The summed E-state index contributed by atoms with van der Waals surface area (Å²) in [6, 6.07) is 1.30. The predicted octanol–water partition coefficient (Wildman–Crippen LogP) is 1.16. The average Bonchev–Trinajstić information content (AvgIpc) is 2.42. The van der Waals surface area contributed by atoms with Gasteiger partial charge in [-0.2, -0.15) is 13.2 Å². The minimum Gasteiger partial charge on any atom is -0.365 e. The highest BCUT2D eigenvalue weighted by molar-refractivity contribution is 6.26. The summed E-state index contributed by atoms with van der Waals surface area (Å²) in [4.78, 5) is 49.7. The van der Waals surface area contributed by atoms with Crippen LogP contribution in [0, 0.1) is 10.8 Å². The molecule has 3 N–H and O–H groups in total. The molecule has 138 valence electrons. The number of anilines is 1. The number of amides is 2. The van der Waals surface area contributed by atoms with Gasteiger partial charge in [0.25, 0.3) is 5.91 Å². The highest BCUT2D eigenvalue weighted by atomic mass is 19.4. The summed E-state index contributed by atoms with van der Waals surface area (Å²) >= 11 is 0. The Balaban J connectivity index is 1.80. The molecule has 0 unspecified atom stereocenters. The van der Waals surface area contributed by atoms with Crippen molar-refractivity contribution in [3.05, 3.63) is 23.4 Å². The topological polar surface area (TPSA) is 119 Å². The monoisotopic (exact) mass is 369 g/mol. The normalized spacial score (nSPS) is 26.3. The molecule has 1 aromatic heterocycles. The molecule has 2 bridgehead atoms. The number of aromatic nitrogens is 1. The minimum absolute atomic E-state index is 0.0852. The maximum absolute atomic E-state index is 12.9. The predicted molar refractivity (Wildman–Crippen MR) is 80.9 cm³/mol. The molecule has 4 rings (SSSR count). The molecule has 10 heteroatoms. The lowest BCUT2D eigenvalue weighted by atomic mass is 9.34. The number of carbonyl (C=O) groups excluding carboxylic acids is 4. The molecule has 0 aliphatic heterocycles. The van der Waals surface area contributed by atoms with E-state index in [2.05, 4.69) is 10.3 Å². The van der Waals surface area contributed by atoms with Crippen LogP contribution in [-0.4, -0.2) is 35.0 Å². The number of aldehydes is 1. The van der Waals surface area contributed by atoms with E-state index in [0.29, 0.717) is 0 Å². The Morgan fingerprint density at radius 1 is 1.27 bits per heavy atom. The summed E-state index contributed by atoms with van der Waals surface area (Å²) in [5.74, 6) is -2.68. The highest BCUT2D eigenvalue weighted by Gasteiger charge is 2.80. The van der Waals surface area contributed by atoms with E-state index >= 15 is 0 Å². The molecule has 7 nitrogen and oxygen atoms in total. The third-order valence-corrected chi connectivity index (χ3v) is 5.13. The molecule has 3 fully saturated rings. The fourth-order valence-corrected chi connectivity index (χ4v) is 3.82. The molecule has 26 heavy (non-hydrogen) atoms. The number of hydrogen-bond acceptors (Lipinski definition) is 5. The number of rotatable bonds is 6. The van der Waals surface area contributed by atoms with E-state index in [1.54, 1.807) is 0 Å². The summed E-state index contributed by atoms with van der Waals surface area (Å²) in [7, 11) is 0. The number of ketones is 1. The zero-order chi connectivity index (χ0) is 19.3. The Morgan fingerprint density at radius 2 is 1.88 bits per heavy atom. The summed E-state index contributed by atoms with van der Waals surface area (Å²) < 4.78 is 38.7. The molecule has 3 aliphatic rings. The number of nitrogens with one attached hydrogen (secondary N) is 1. The first-order valence-corrected chi connectivity index (χ1v) is 7.67. The van der Waals surface area contributed by atoms with Crippen molar-refractivity contribution in [3.63, 3.8) is 0 Å². The van der Waals surface area contributed by atoms with Crippen molar-refractivity contribution >= 4 is 29.7 Å². The van der Waals surface area contributed by atoms with Gasteiger partial charge in [-0.15, -0.1) is 0 Å². The molecule has 0 saturated heterocycles. The molecule has 2 amide bonds. The van der Waals surface area contributed by atoms with Crippen molar-refractivity contribution in [1.29, 1.82) is 0 Å². The number of Topliss-reactive ketones (excluding diaryl/α,β-unsaturated/α-hetero) is 1. The standard InChI is InChI=1S/C16H14F3N3O4/c17-16(18,19)15-5-14(6-15,7-15)13(26)22-12-10(11(20)25)8(1-2-21-12)3-9(24)4-23/h1-2,4H,3,5-7H2,(H2,20,25)(H,21,22,26). The van der Waals surface area contributed by atoms with Gasteiger partial charge < -0.3 is 11.1 Å². The van der Waals surface area contributed by atoms with Gasteiger partial charge >= 0.3 is 6.18 Å². The smallest absolute Gasteiger partial charge is 0.365 e. The van der Waals surface area contributed by atoms with Crippen molar-refractivity contribution in [3.8, 4) is 0 Å². The lowest BCUT2D eigenvalue weighted by Crippen LogP contribution is -2.71. The number of halogens is 3. The lowest BCUT2D eigenvalue weighted by molar-refractivity contribution is -0.349. The molecule has 0 atom stereocenters. The largest absolute Gasteiger partial charge is 0.394 e. The van der Waals surface area contributed by atoms with Crippen molar-refractivity contribution < 1.29 is 32.3 Å². The van der Waals surface area contributed by atoms with Crippen molar-refractivity contribution in [2.45, 2.75) is 31.9 Å². The van der Waals surface area contributed by atoms with Crippen LogP contribution in [0.3, 0.4) is 0 Å². The summed E-state index contributed by atoms with van der Waals surface area (Å²) in [6.07, 6.45) is -4.37. The average molecular weight is 369 g/mol. The van der Waals surface area contributed by atoms with Crippen LogP contribution in [0.5, 0.6) is 0 Å². The van der Waals surface area contributed by atoms with Crippen molar-refractivity contribution in [1.82, 2.24) is 4.98 Å². The van der Waals surface area contributed by atoms with E-state index in [1.165, 1.54) is 12.3 Å². The van der Waals surface area contributed by atoms with Crippen LogP contribution < -0.4 is 11.1 Å². The number of primary amides is 1. The van der Waals surface area contributed by atoms with Gasteiger partial charge in [-0.25, -0.2) is 4.98 Å². The van der Waals surface area contributed by atoms with Gasteiger partial charge in [0.05, 0.1) is 16.4 Å². The number of nitrogens with two attached hydrogens (primary N) is 1. The Kier molecular flexibility index (Phi) is 3.89. The molecule has 3 aliphatic carbocycles. The van der Waals surface area contributed by atoms with Crippen molar-refractivity contribution in [2.24, 2.45) is 16.6 Å². The van der Waals surface area contributed by atoms with Gasteiger partial charge in [-0.05, 0) is 30.9 Å². The molecule has 1 aromatic rings. The molecule has 0 spiro atoms. The van der Waals surface area contributed by atoms with Crippen LogP contribution in [0.2, 0.25) is 0 Å². The second-order valence-corrected chi connectivity index (χ2v) is 6.86. The maximum Gasteiger partial charge on any atom is 0.394 e. The number of hydrogen-bond donors (Lipinski definition) is 2. The van der Waals surface area contributed by atoms with E-state index in [9.17, 15) is 32.3 Å². The van der Waals surface area contributed by atoms with E-state index in [4.69, 9.17) is 5.73 Å². The zero-order valence-corrected chi connectivity index (χ0v) is 13.4. The van der Waals surface area contributed by atoms with Crippen LogP contribution in [0.1, 0.15) is 35.2 Å². The Bertz CT molecular complexity index is 815. The van der Waals surface area contributed by atoms with Crippen molar-refractivity contribution in [2.75, 3.05) is 5.32 Å². The van der Waals surface area contributed by atoms with Crippen LogP contribution in [-0.2, 0) is 20.8 Å². The third kappa shape index (κ3) is 2.56. The maximum atomic E-state index is 12.9.